The quantitative estimate of drug-likeness (QED) is 0.583. The molecule has 1 aromatic carbocycles. The number of morpholine rings is 2. The molecule has 2 saturated heterocycles. The normalized spacial score (nSPS) is 18.8. The molecule has 0 unspecified atom stereocenters. The molecule has 156 valence electrons. The number of nitrogens with zero attached hydrogens (tertiary/aromatic N) is 3. The summed E-state index contributed by atoms with van der Waals surface area (Å²) < 4.78 is 11.8. The molecular weight excluding hydrogens is 370 g/mol. The minimum Gasteiger partial charge on any atom is -0.618 e. The van der Waals surface area contributed by atoms with Crippen LogP contribution in [0.1, 0.15) is 22.5 Å². The van der Waals surface area contributed by atoms with Gasteiger partial charge in [0.25, 0.3) is 0 Å². The maximum absolute atomic E-state index is 13.4. The maximum atomic E-state index is 13.4. The lowest BCUT2D eigenvalue weighted by molar-refractivity contribution is -0.626. The average molecular weight is 399 g/mol. The van der Waals surface area contributed by atoms with Gasteiger partial charge < -0.3 is 19.8 Å². The van der Waals surface area contributed by atoms with Crippen LogP contribution >= 0.6 is 0 Å². The second kappa shape index (κ2) is 9.54. The predicted molar refractivity (Wildman–Crippen MR) is 109 cm³/mol. The molecule has 4 rings (SSSR count). The smallest absolute Gasteiger partial charge is 0.249 e. The van der Waals surface area contributed by atoms with E-state index in [9.17, 15) is 10.3 Å². The van der Waals surface area contributed by atoms with Crippen molar-refractivity contribution in [2.75, 3.05) is 52.6 Å². The van der Waals surface area contributed by atoms with Gasteiger partial charge in [0.1, 0.15) is 0 Å². The fraction of sp³-hybridized carbons (Fsp3) is 0.500. The number of ether oxygens (including phenoxy) is 2. The van der Waals surface area contributed by atoms with Gasteiger partial charge in [0.05, 0.1) is 39.5 Å². The van der Waals surface area contributed by atoms with Crippen LogP contribution in [-0.4, -0.2) is 67.5 Å². The molecule has 0 radical (unpaired) electrons. The molecule has 2 aromatic rings. The molecule has 2 aliphatic heterocycles. The third-order valence-corrected chi connectivity index (χ3v) is 5.66. The van der Waals surface area contributed by atoms with Crippen LogP contribution in [0.25, 0.3) is 0 Å². The highest BCUT2D eigenvalue weighted by Crippen LogP contribution is 2.23. The summed E-state index contributed by atoms with van der Waals surface area (Å²) in [5, 5.41) is 24.1. The van der Waals surface area contributed by atoms with Gasteiger partial charge in [0.15, 0.2) is 5.75 Å². The van der Waals surface area contributed by atoms with Gasteiger partial charge in [-0.25, -0.2) is 0 Å². The van der Waals surface area contributed by atoms with Gasteiger partial charge in [-0.2, -0.15) is 4.73 Å². The SMILES string of the molecule is [O-][n+]1c(CN2CCOCC2)c(O)cc(Cc2ccccc2)c1CN1CCOCC1. The van der Waals surface area contributed by atoms with Crippen molar-refractivity contribution in [1.29, 1.82) is 0 Å². The van der Waals surface area contributed by atoms with Gasteiger partial charge >= 0.3 is 0 Å². The Hall–Kier alpha value is -2.19. The van der Waals surface area contributed by atoms with E-state index >= 15 is 0 Å². The first-order chi connectivity index (χ1) is 14.2. The van der Waals surface area contributed by atoms with E-state index < -0.39 is 0 Å². The zero-order valence-electron chi connectivity index (χ0n) is 16.8. The minimum atomic E-state index is 0.0724. The van der Waals surface area contributed by atoms with E-state index in [1.165, 1.54) is 0 Å². The first kappa shape index (κ1) is 20.1. The Balaban J connectivity index is 1.65. The lowest BCUT2D eigenvalue weighted by atomic mass is 10.0. The van der Waals surface area contributed by atoms with Crippen LogP contribution in [0.15, 0.2) is 36.4 Å². The molecule has 0 bridgehead atoms. The van der Waals surface area contributed by atoms with Crippen LogP contribution in [0.4, 0.5) is 0 Å². The zero-order valence-corrected chi connectivity index (χ0v) is 16.8. The van der Waals surface area contributed by atoms with Crippen LogP contribution in [0.2, 0.25) is 0 Å². The molecule has 7 heteroatoms. The van der Waals surface area contributed by atoms with Crippen molar-refractivity contribution >= 4 is 0 Å². The fourth-order valence-electron chi connectivity index (χ4n) is 3.95. The first-order valence-electron chi connectivity index (χ1n) is 10.3. The molecule has 2 fully saturated rings. The Morgan fingerprint density at radius 3 is 2.00 bits per heavy atom. The molecule has 2 aliphatic rings. The largest absolute Gasteiger partial charge is 0.618 e. The number of benzene rings is 1. The van der Waals surface area contributed by atoms with Gasteiger partial charge in [-0.15, -0.1) is 0 Å². The van der Waals surface area contributed by atoms with Gasteiger partial charge in [-0.3, -0.25) is 9.80 Å². The molecule has 1 aromatic heterocycles. The van der Waals surface area contributed by atoms with Crippen LogP contribution < -0.4 is 4.73 Å². The predicted octanol–water partition coefficient (Wildman–Crippen LogP) is 1.28. The van der Waals surface area contributed by atoms with Crippen molar-refractivity contribution in [3.05, 3.63) is 64.1 Å². The number of aromatic nitrogens is 1. The van der Waals surface area contributed by atoms with E-state index in [0.717, 1.165) is 47.7 Å². The summed E-state index contributed by atoms with van der Waals surface area (Å²) in [4.78, 5) is 4.40. The number of hydrogen-bond acceptors (Lipinski definition) is 6. The average Bonchev–Trinajstić information content (AvgIpc) is 2.76. The number of aromatic hydroxyl groups is 1. The highest BCUT2D eigenvalue weighted by molar-refractivity contribution is 5.34. The summed E-state index contributed by atoms with van der Waals surface area (Å²) in [6, 6.07) is 11.9. The molecule has 0 amide bonds. The van der Waals surface area contributed by atoms with Crippen LogP contribution in [0.5, 0.6) is 5.75 Å². The second-order valence-corrected chi connectivity index (χ2v) is 7.68. The maximum Gasteiger partial charge on any atom is 0.249 e. The number of rotatable bonds is 6. The molecule has 0 saturated carbocycles. The summed E-state index contributed by atoms with van der Waals surface area (Å²) in [5.41, 5.74) is 3.14. The Morgan fingerprint density at radius 1 is 0.862 bits per heavy atom. The van der Waals surface area contributed by atoms with Gasteiger partial charge in [-0.1, -0.05) is 30.3 Å². The van der Waals surface area contributed by atoms with Crippen LogP contribution in [-0.2, 0) is 29.0 Å². The van der Waals surface area contributed by atoms with E-state index in [-0.39, 0.29) is 5.75 Å². The first-order valence-corrected chi connectivity index (χ1v) is 10.3. The van der Waals surface area contributed by atoms with Crippen molar-refractivity contribution in [3.63, 3.8) is 0 Å². The summed E-state index contributed by atoms with van der Waals surface area (Å²) in [5.74, 6) is 0.0724. The Morgan fingerprint density at radius 2 is 1.41 bits per heavy atom. The van der Waals surface area contributed by atoms with Crippen molar-refractivity contribution in [2.45, 2.75) is 19.5 Å². The highest BCUT2D eigenvalue weighted by Gasteiger charge is 2.27. The van der Waals surface area contributed by atoms with Gasteiger partial charge in [-0.05, 0) is 11.6 Å². The van der Waals surface area contributed by atoms with Crippen molar-refractivity contribution in [2.24, 2.45) is 0 Å². The van der Waals surface area contributed by atoms with Crippen LogP contribution in [0, 0.1) is 5.21 Å². The van der Waals surface area contributed by atoms with E-state index in [2.05, 4.69) is 9.80 Å². The van der Waals surface area contributed by atoms with E-state index in [1.807, 2.05) is 30.3 Å². The summed E-state index contributed by atoms with van der Waals surface area (Å²) in [6.45, 7) is 6.84. The third kappa shape index (κ3) is 5.05. The van der Waals surface area contributed by atoms with E-state index in [0.29, 0.717) is 51.6 Å². The fourth-order valence-corrected chi connectivity index (χ4v) is 3.95. The molecular formula is C22H29N3O4. The van der Waals surface area contributed by atoms with Gasteiger partial charge in [0.2, 0.25) is 11.4 Å². The van der Waals surface area contributed by atoms with Crippen molar-refractivity contribution < 1.29 is 19.3 Å². The molecule has 29 heavy (non-hydrogen) atoms. The molecule has 7 nitrogen and oxygen atoms in total. The van der Waals surface area contributed by atoms with Gasteiger partial charge in [0, 0.05) is 38.2 Å². The summed E-state index contributed by atoms with van der Waals surface area (Å²) in [6.07, 6.45) is 0.619. The topological polar surface area (TPSA) is 72.1 Å². The second-order valence-electron chi connectivity index (χ2n) is 7.68. The Kier molecular flexibility index (Phi) is 6.61. The third-order valence-electron chi connectivity index (χ3n) is 5.66. The summed E-state index contributed by atoms with van der Waals surface area (Å²) >= 11 is 0. The molecule has 3 heterocycles. The van der Waals surface area contributed by atoms with E-state index in [1.54, 1.807) is 6.07 Å². The highest BCUT2D eigenvalue weighted by atomic mass is 16.5. The van der Waals surface area contributed by atoms with Crippen LogP contribution in [0.3, 0.4) is 0 Å². The monoisotopic (exact) mass is 399 g/mol. The minimum absolute atomic E-state index is 0.0724. The zero-order chi connectivity index (χ0) is 20.1. The Bertz CT molecular complexity index is 803. The summed E-state index contributed by atoms with van der Waals surface area (Å²) in [7, 11) is 0. The standard InChI is InChI=1S/C22H29N3O4/c26-22-15-19(14-18-4-2-1-3-5-18)20(16-23-6-10-28-11-7-23)25(27)21(22)17-24-8-12-29-13-9-24/h1-5,15,26H,6-14,16-17H2. The lowest BCUT2D eigenvalue weighted by Gasteiger charge is -2.28. The van der Waals surface area contributed by atoms with Crippen molar-refractivity contribution in [3.8, 4) is 5.75 Å². The molecule has 1 N–H and O–H groups in total. The Labute approximate surface area is 171 Å². The molecule has 0 spiro atoms. The molecule has 0 aliphatic carbocycles. The lowest BCUT2D eigenvalue weighted by Crippen LogP contribution is -2.46. The number of pyridine rings is 1. The number of hydrogen-bond donors (Lipinski definition) is 1. The van der Waals surface area contributed by atoms with Crippen molar-refractivity contribution in [1.82, 2.24) is 9.80 Å². The molecule has 0 atom stereocenters. The van der Waals surface area contributed by atoms with E-state index in [4.69, 9.17) is 9.47 Å².